The van der Waals surface area contributed by atoms with Crippen molar-refractivity contribution in [3.8, 4) is 11.4 Å². The fourth-order valence-electron chi connectivity index (χ4n) is 3.17. The molecule has 0 spiro atoms. The molecule has 1 aliphatic rings. The van der Waals surface area contributed by atoms with Crippen LogP contribution in [0.1, 0.15) is 51.8 Å². The first kappa shape index (κ1) is 18.7. The average Bonchev–Trinajstić information content (AvgIpc) is 3.09. The minimum atomic E-state index is -0.0712. The Bertz CT molecular complexity index is 723. The molecule has 0 radical (unpaired) electrons. The topological polar surface area (TPSA) is 71.3 Å². The third kappa shape index (κ3) is 4.75. The van der Waals surface area contributed by atoms with Crippen LogP contribution in [-0.2, 0) is 6.54 Å². The molecule has 7 heteroatoms. The molecule has 1 aromatic heterocycles. The van der Waals surface area contributed by atoms with Crippen molar-refractivity contribution in [2.24, 2.45) is 0 Å². The minimum Gasteiger partial charge on any atom is -0.337 e. The molecule has 2 amide bonds. The third-order valence-electron chi connectivity index (χ3n) is 4.69. The Kier molecular flexibility index (Phi) is 6.14. The highest BCUT2D eigenvalue weighted by Gasteiger charge is 2.24. The summed E-state index contributed by atoms with van der Waals surface area (Å²) >= 11 is 5.91. The smallest absolute Gasteiger partial charge is 0.318 e. The van der Waals surface area contributed by atoms with Gasteiger partial charge >= 0.3 is 6.03 Å². The van der Waals surface area contributed by atoms with Gasteiger partial charge in [0.15, 0.2) is 0 Å². The van der Waals surface area contributed by atoms with Crippen molar-refractivity contribution < 1.29 is 9.32 Å². The van der Waals surface area contributed by atoms with E-state index in [-0.39, 0.29) is 24.7 Å². The molecule has 1 N–H and O–H groups in total. The van der Waals surface area contributed by atoms with Gasteiger partial charge in [0.05, 0.1) is 0 Å². The van der Waals surface area contributed by atoms with E-state index in [1.54, 1.807) is 17.0 Å². The summed E-state index contributed by atoms with van der Waals surface area (Å²) in [6.45, 7) is 4.25. The van der Waals surface area contributed by atoms with Crippen molar-refractivity contribution >= 4 is 17.6 Å². The molecule has 6 nitrogen and oxygen atoms in total. The molecule has 26 heavy (non-hydrogen) atoms. The van der Waals surface area contributed by atoms with E-state index in [0.717, 1.165) is 18.4 Å². The van der Waals surface area contributed by atoms with Crippen LogP contribution in [0.4, 0.5) is 4.79 Å². The van der Waals surface area contributed by atoms with Gasteiger partial charge in [-0.2, -0.15) is 4.98 Å². The first-order valence-electron chi connectivity index (χ1n) is 9.18. The van der Waals surface area contributed by atoms with Crippen molar-refractivity contribution in [2.45, 2.75) is 64.6 Å². The number of rotatable bonds is 5. The van der Waals surface area contributed by atoms with Crippen molar-refractivity contribution in [1.82, 2.24) is 20.4 Å². The Morgan fingerprint density at radius 3 is 2.62 bits per heavy atom. The van der Waals surface area contributed by atoms with E-state index >= 15 is 0 Å². The highest BCUT2D eigenvalue weighted by Crippen LogP contribution is 2.20. The molecule has 1 heterocycles. The maximum absolute atomic E-state index is 12.7. The summed E-state index contributed by atoms with van der Waals surface area (Å²) in [6.07, 6.45) is 5.73. The zero-order valence-electron chi connectivity index (χ0n) is 15.2. The fraction of sp³-hybridized carbons (Fsp3) is 0.526. The van der Waals surface area contributed by atoms with Crippen LogP contribution in [0.25, 0.3) is 11.4 Å². The summed E-state index contributed by atoms with van der Waals surface area (Å²) in [7, 11) is 0. The first-order chi connectivity index (χ1) is 12.5. The highest BCUT2D eigenvalue weighted by atomic mass is 35.5. The van der Waals surface area contributed by atoms with E-state index in [0.29, 0.717) is 16.7 Å². The number of halogens is 1. The highest BCUT2D eigenvalue weighted by molar-refractivity contribution is 6.30. The summed E-state index contributed by atoms with van der Waals surface area (Å²) in [5.74, 6) is 0.913. The molecule has 1 fully saturated rings. The zero-order chi connectivity index (χ0) is 18.5. The lowest BCUT2D eigenvalue weighted by molar-refractivity contribution is 0.163. The molecule has 2 aromatic rings. The second-order valence-electron chi connectivity index (χ2n) is 7.02. The van der Waals surface area contributed by atoms with E-state index in [1.807, 2.05) is 26.0 Å². The lowest BCUT2D eigenvalue weighted by atomic mass is 9.96. The Balaban J connectivity index is 1.66. The predicted octanol–water partition coefficient (Wildman–Crippen LogP) is 4.64. The molecule has 0 atom stereocenters. The van der Waals surface area contributed by atoms with Gasteiger partial charge in [0.2, 0.25) is 11.7 Å². The van der Waals surface area contributed by atoms with Crippen molar-refractivity contribution in [1.29, 1.82) is 0 Å². The van der Waals surface area contributed by atoms with Crippen molar-refractivity contribution in [3.05, 3.63) is 35.2 Å². The number of benzene rings is 1. The number of hydrogen-bond acceptors (Lipinski definition) is 4. The molecule has 0 saturated heterocycles. The molecule has 0 unspecified atom stereocenters. The first-order valence-corrected chi connectivity index (χ1v) is 9.56. The summed E-state index contributed by atoms with van der Waals surface area (Å²) in [5, 5.41) is 7.82. The lowest BCUT2D eigenvalue weighted by Gasteiger charge is -2.29. The molecular formula is C19H25ClN4O2. The minimum absolute atomic E-state index is 0.0319. The molecule has 1 aromatic carbocycles. The quantitative estimate of drug-likeness (QED) is 0.824. The molecule has 0 aliphatic heterocycles. The van der Waals surface area contributed by atoms with Gasteiger partial charge in [-0.05, 0) is 51.0 Å². The van der Waals surface area contributed by atoms with Gasteiger partial charge in [0.25, 0.3) is 0 Å². The van der Waals surface area contributed by atoms with Crippen molar-refractivity contribution in [2.75, 3.05) is 0 Å². The SMILES string of the molecule is CC(C)N(Cc1nc(-c2ccc(Cl)cc2)no1)C(=O)NC1CCCCC1. The van der Waals surface area contributed by atoms with E-state index in [1.165, 1.54) is 19.3 Å². The standard InChI is InChI=1S/C19H25ClN4O2/c1-13(2)24(19(25)21-16-6-4-3-5-7-16)12-17-22-18(23-26-17)14-8-10-15(20)11-9-14/h8-11,13,16H,3-7,12H2,1-2H3,(H,21,25). The summed E-state index contributed by atoms with van der Waals surface area (Å²) in [5.41, 5.74) is 0.826. The third-order valence-corrected chi connectivity index (χ3v) is 4.95. The van der Waals surface area contributed by atoms with Crippen molar-refractivity contribution in [3.63, 3.8) is 0 Å². The monoisotopic (exact) mass is 376 g/mol. The van der Waals surface area contributed by atoms with Gasteiger partial charge in [-0.1, -0.05) is 36.0 Å². The normalized spacial score (nSPS) is 15.2. The molecule has 3 rings (SSSR count). The number of carbonyl (C=O) groups excluding carboxylic acids is 1. The van der Waals surface area contributed by atoms with Gasteiger partial charge in [-0.15, -0.1) is 0 Å². The van der Waals surface area contributed by atoms with Crippen LogP contribution in [0.3, 0.4) is 0 Å². The van der Waals surface area contributed by atoms with Gasteiger partial charge in [-0.25, -0.2) is 4.79 Å². The van der Waals surface area contributed by atoms with Gasteiger partial charge in [0, 0.05) is 22.7 Å². The fourth-order valence-corrected chi connectivity index (χ4v) is 3.30. The van der Waals surface area contributed by atoms with Gasteiger partial charge in [-0.3, -0.25) is 0 Å². The number of nitrogens with zero attached hydrogens (tertiary/aromatic N) is 3. The zero-order valence-corrected chi connectivity index (χ0v) is 16.0. The van der Waals surface area contributed by atoms with Crippen LogP contribution in [0.5, 0.6) is 0 Å². The number of nitrogens with one attached hydrogen (secondary N) is 1. The number of aromatic nitrogens is 2. The summed E-state index contributed by atoms with van der Waals surface area (Å²) in [6, 6.07) is 7.47. The molecule has 140 valence electrons. The predicted molar refractivity (Wildman–Crippen MR) is 101 cm³/mol. The number of urea groups is 1. The van der Waals surface area contributed by atoms with Crippen LogP contribution in [0.15, 0.2) is 28.8 Å². The Morgan fingerprint density at radius 2 is 1.96 bits per heavy atom. The maximum Gasteiger partial charge on any atom is 0.318 e. The van der Waals surface area contributed by atoms with Crippen LogP contribution in [-0.4, -0.2) is 33.2 Å². The largest absolute Gasteiger partial charge is 0.337 e. The second kappa shape index (κ2) is 8.54. The van der Waals surface area contributed by atoms with E-state index < -0.39 is 0 Å². The maximum atomic E-state index is 12.7. The average molecular weight is 377 g/mol. The summed E-state index contributed by atoms with van der Waals surface area (Å²) in [4.78, 5) is 18.8. The van der Waals surface area contributed by atoms with Crippen LogP contribution in [0.2, 0.25) is 5.02 Å². The lowest BCUT2D eigenvalue weighted by Crippen LogP contribution is -2.47. The number of amides is 2. The number of carbonyl (C=O) groups is 1. The van der Waals surface area contributed by atoms with Crippen LogP contribution >= 0.6 is 11.6 Å². The summed E-state index contributed by atoms with van der Waals surface area (Å²) < 4.78 is 5.35. The van der Waals surface area contributed by atoms with Crippen LogP contribution in [0, 0.1) is 0 Å². The number of hydrogen-bond donors (Lipinski definition) is 1. The Morgan fingerprint density at radius 1 is 1.27 bits per heavy atom. The van der Waals surface area contributed by atoms with Crippen LogP contribution < -0.4 is 5.32 Å². The van der Waals surface area contributed by atoms with E-state index in [2.05, 4.69) is 15.5 Å². The van der Waals surface area contributed by atoms with Gasteiger partial charge < -0.3 is 14.7 Å². The van der Waals surface area contributed by atoms with E-state index in [4.69, 9.17) is 16.1 Å². The molecular weight excluding hydrogens is 352 g/mol. The molecule has 1 aliphatic carbocycles. The Hall–Kier alpha value is -2.08. The van der Waals surface area contributed by atoms with E-state index in [9.17, 15) is 4.79 Å². The second-order valence-corrected chi connectivity index (χ2v) is 7.46. The molecule has 1 saturated carbocycles. The Labute approximate surface area is 158 Å². The van der Waals surface area contributed by atoms with Gasteiger partial charge in [0.1, 0.15) is 6.54 Å². The molecule has 0 bridgehead atoms.